The van der Waals surface area contributed by atoms with E-state index in [0.717, 1.165) is 31.2 Å². The Morgan fingerprint density at radius 1 is 1.23 bits per heavy atom. The molecule has 0 bridgehead atoms. The summed E-state index contributed by atoms with van der Waals surface area (Å²) in [6.45, 7) is 0. The fraction of sp³-hybridized carbons (Fsp3) is 0.462. The van der Waals surface area contributed by atoms with Crippen molar-refractivity contribution in [2.75, 3.05) is 7.11 Å². The Morgan fingerprint density at radius 2 is 2.03 bits per heavy atom. The first kappa shape index (κ1) is 24.0. The second-order valence-electron chi connectivity index (χ2n) is 9.48. The summed E-state index contributed by atoms with van der Waals surface area (Å²) in [6, 6.07) is 7.40. The number of Topliss-reactive ketones (excluding diaryl/α,β-unsaturated/α-hetero) is 1. The standard InChI is InChI=1S/C26H27ClN2O5S/c1-33-21-7-6-15(12-18(21)27)8-10-26(16-4-2-3-5-16)14-20(30)17(25(32)34-26)13-22-28-19-9-11-35-23(19)24(31)29-22/h6-7,9,11-12,16-17H,2-5,8,10,13-14H2,1H3,(H,28,29,31). The maximum Gasteiger partial charge on any atom is 0.317 e. The Hall–Kier alpha value is -2.71. The van der Waals surface area contributed by atoms with Crippen LogP contribution in [0.5, 0.6) is 5.75 Å². The Bertz CT molecular complexity index is 1310. The number of carbonyl (C=O) groups is 2. The number of thiophene rings is 1. The number of ether oxygens (including phenoxy) is 2. The van der Waals surface area contributed by atoms with Gasteiger partial charge in [0.1, 0.15) is 27.8 Å². The van der Waals surface area contributed by atoms with Crippen LogP contribution in [0.3, 0.4) is 0 Å². The number of aromatic amines is 1. The quantitative estimate of drug-likeness (QED) is 0.356. The van der Waals surface area contributed by atoms with E-state index in [1.54, 1.807) is 18.6 Å². The van der Waals surface area contributed by atoms with Gasteiger partial charge in [-0.2, -0.15) is 0 Å². The maximum absolute atomic E-state index is 13.4. The molecule has 2 fully saturated rings. The minimum atomic E-state index is -0.959. The van der Waals surface area contributed by atoms with Crippen molar-refractivity contribution in [2.24, 2.45) is 11.8 Å². The Morgan fingerprint density at radius 3 is 2.74 bits per heavy atom. The molecule has 1 N–H and O–H groups in total. The second-order valence-corrected chi connectivity index (χ2v) is 10.8. The predicted molar refractivity (Wildman–Crippen MR) is 134 cm³/mol. The average Bonchev–Trinajstić information content (AvgIpc) is 3.53. The number of benzene rings is 1. The molecule has 35 heavy (non-hydrogen) atoms. The van der Waals surface area contributed by atoms with E-state index in [1.165, 1.54) is 11.3 Å². The number of nitrogens with zero attached hydrogens (tertiary/aromatic N) is 1. The lowest BCUT2D eigenvalue weighted by Gasteiger charge is -2.43. The molecule has 5 rings (SSSR count). The molecule has 1 saturated carbocycles. The van der Waals surface area contributed by atoms with Gasteiger partial charge in [-0.25, -0.2) is 4.98 Å². The summed E-state index contributed by atoms with van der Waals surface area (Å²) >= 11 is 7.61. The van der Waals surface area contributed by atoms with Crippen LogP contribution in [0.2, 0.25) is 5.02 Å². The summed E-state index contributed by atoms with van der Waals surface area (Å²) in [7, 11) is 1.57. The third-order valence-electron chi connectivity index (χ3n) is 7.36. The molecule has 1 saturated heterocycles. The molecule has 0 radical (unpaired) electrons. The van der Waals surface area contributed by atoms with Gasteiger partial charge in [-0.1, -0.05) is 30.5 Å². The van der Waals surface area contributed by atoms with Crippen LogP contribution in [0.15, 0.2) is 34.4 Å². The molecule has 2 atom stereocenters. The number of cyclic esters (lactones) is 1. The molecule has 184 valence electrons. The largest absolute Gasteiger partial charge is 0.495 e. The van der Waals surface area contributed by atoms with E-state index in [-0.39, 0.29) is 30.1 Å². The van der Waals surface area contributed by atoms with E-state index < -0.39 is 17.5 Å². The summed E-state index contributed by atoms with van der Waals surface area (Å²) in [5.41, 5.74) is 0.509. The summed E-state index contributed by atoms with van der Waals surface area (Å²) in [4.78, 5) is 46.1. The van der Waals surface area contributed by atoms with Crippen LogP contribution in [0.1, 0.15) is 49.9 Å². The van der Waals surface area contributed by atoms with E-state index in [9.17, 15) is 14.4 Å². The van der Waals surface area contributed by atoms with Gasteiger partial charge in [0.15, 0.2) is 5.78 Å². The van der Waals surface area contributed by atoms with E-state index in [4.69, 9.17) is 21.1 Å². The van der Waals surface area contributed by atoms with Crippen molar-refractivity contribution in [1.82, 2.24) is 9.97 Å². The number of fused-ring (bicyclic) bond motifs is 1. The highest BCUT2D eigenvalue weighted by Gasteiger charge is 2.51. The zero-order valence-electron chi connectivity index (χ0n) is 19.5. The Balaban J connectivity index is 1.36. The minimum Gasteiger partial charge on any atom is -0.495 e. The number of esters is 1. The molecular formula is C26H27ClN2O5S. The van der Waals surface area contributed by atoms with Gasteiger partial charge in [0.2, 0.25) is 0 Å². The molecule has 3 aromatic rings. The van der Waals surface area contributed by atoms with Gasteiger partial charge in [0.05, 0.1) is 17.6 Å². The van der Waals surface area contributed by atoms with Crippen LogP contribution in [-0.2, 0) is 27.2 Å². The summed E-state index contributed by atoms with van der Waals surface area (Å²) < 4.78 is 11.9. The van der Waals surface area contributed by atoms with Gasteiger partial charge in [0.25, 0.3) is 5.56 Å². The fourth-order valence-electron chi connectivity index (χ4n) is 5.51. The monoisotopic (exact) mass is 514 g/mol. The number of rotatable bonds is 7. The smallest absolute Gasteiger partial charge is 0.317 e. The molecule has 2 aromatic heterocycles. The Labute approximate surface area is 211 Å². The number of halogens is 1. The third kappa shape index (κ3) is 4.74. The third-order valence-corrected chi connectivity index (χ3v) is 8.56. The first-order chi connectivity index (χ1) is 16.9. The van der Waals surface area contributed by atoms with Crippen LogP contribution in [0.4, 0.5) is 0 Å². The molecule has 1 aliphatic heterocycles. The van der Waals surface area contributed by atoms with E-state index in [0.29, 0.717) is 39.7 Å². The number of nitrogens with one attached hydrogen (secondary N) is 1. The van der Waals surface area contributed by atoms with Crippen molar-refractivity contribution < 1.29 is 19.1 Å². The maximum atomic E-state index is 13.4. The highest BCUT2D eigenvalue weighted by molar-refractivity contribution is 7.17. The zero-order valence-corrected chi connectivity index (χ0v) is 21.0. The van der Waals surface area contributed by atoms with Crippen LogP contribution in [0.25, 0.3) is 10.2 Å². The second kappa shape index (κ2) is 9.74. The minimum absolute atomic E-state index is 0.0352. The highest BCUT2D eigenvalue weighted by Crippen LogP contribution is 2.45. The van der Waals surface area contributed by atoms with Gasteiger partial charge in [-0.15, -0.1) is 11.3 Å². The molecule has 1 aliphatic carbocycles. The van der Waals surface area contributed by atoms with Crippen LogP contribution < -0.4 is 10.3 Å². The molecule has 3 heterocycles. The zero-order chi connectivity index (χ0) is 24.6. The molecule has 0 spiro atoms. The van der Waals surface area contributed by atoms with Gasteiger partial charge >= 0.3 is 5.97 Å². The molecular weight excluding hydrogens is 488 g/mol. The summed E-state index contributed by atoms with van der Waals surface area (Å²) in [6.07, 6.45) is 5.44. The normalized spacial score (nSPS) is 23.1. The number of aryl methyl sites for hydroxylation is 1. The van der Waals surface area contributed by atoms with Crippen molar-refractivity contribution in [3.05, 3.63) is 56.4 Å². The van der Waals surface area contributed by atoms with Gasteiger partial charge in [0, 0.05) is 12.8 Å². The molecule has 2 aliphatic rings. The van der Waals surface area contributed by atoms with Crippen molar-refractivity contribution >= 4 is 44.9 Å². The number of ketones is 1. The number of methoxy groups -OCH3 is 1. The average molecular weight is 515 g/mol. The number of hydrogen-bond donors (Lipinski definition) is 1. The summed E-state index contributed by atoms with van der Waals surface area (Å²) in [5, 5.41) is 2.32. The lowest BCUT2D eigenvalue weighted by Crippen LogP contribution is -2.52. The summed E-state index contributed by atoms with van der Waals surface area (Å²) in [5.74, 6) is -0.528. The lowest BCUT2D eigenvalue weighted by molar-refractivity contribution is -0.185. The predicted octanol–water partition coefficient (Wildman–Crippen LogP) is 4.88. The van der Waals surface area contributed by atoms with Gasteiger partial charge < -0.3 is 14.5 Å². The number of aromatic nitrogens is 2. The highest BCUT2D eigenvalue weighted by atomic mass is 35.5. The first-order valence-electron chi connectivity index (χ1n) is 11.9. The van der Waals surface area contributed by atoms with Crippen molar-refractivity contribution in [3.8, 4) is 5.75 Å². The SMILES string of the molecule is COc1ccc(CCC2(C3CCCC3)CC(=O)C(Cc3nc4ccsc4c(=O)[nH]3)C(=O)O2)cc1Cl. The van der Waals surface area contributed by atoms with Gasteiger partial charge in [-0.05, 0) is 60.7 Å². The van der Waals surface area contributed by atoms with Crippen molar-refractivity contribution in [2.45, 2.75) is 57.0 Å². The fourth-order valence-corrected chi connectivity index (χ4v) is 6.52. The van der Waals surface area contributed by atoms with E-state index in [2.05, 4.69) is 9.97 Å². The van der Waals surface area contributed by atoms with Crippen LogP contribution in [0, 0.1) is 11.8 Å². The molecule has 9 heteroatoms. The van der Waals surface area contributed by atoms with Crippen molar-refractivity contribution in [3.63, 3.8) is 0 Å². The van der Waals surface area contributed by atoms with Crippen LogP contribution >= 0.6 is 22.9 Å². The number of carbonyl (C=O) groups excluding carboxylic acids is 2. The number of hydrogen-bond acceptors (Lipinski definition) is 7. The first-order valence-corrected chi connectivity index (χ1v) is 13.2. The van der Waals surface area contributed by atoms with Crippen molar-refractivity contribution in [1.29, 1.82) is 0 Å². The van der Waals surface area contributed by atoms with E-state index >= 15 is 0 Å². The van der Waals surface area contributed by atoms with Gasteiger partial charge in [-0.3, -0.25) is 14.4 Å². The topological polar surface area (TPSA) is 98.4 Å². The Kier molecular flexibility index (Phi) is 6.68. The molecule has 2 unspecified atom stereocenters. The number of H-pyrrole nitrogens is 1. The molecule has 1 aromatic carbocycles. The molecule has 7 nitrogen and oxygen atoms in total. The molecule has 0 amide bonds. The lowest BCUT2D eigenvalue weighted by atomic mass is 9.73. The van der Waals surface area contributed by atoms with Crippen LogP contribution in [-0.4, -0.2) is 34.4 Å². The van der Waals surface area contributed by atoms with E-state index in [1.807, 2.05) is 18.2 Å².